The molecule has 1 fully saturated rings. The molecule has 0 spiro atoms. The smallest absolute Gasteiger partial charge is 0.151 e. The third-order valence-electron chi connectivity index (χ3n) is 4.49. The molecule has 0 aliphatic heterocycles. The molecule has 5 heteroatoms. The van der Waals surface area contributed by atoms with Crippen LogP contribution in [0.25, 0.3) is 10.4 Å². The average Bonchev–Trinajstić information content (AvgIpc) is 3.26. The van der Waals surface area contributed by atoms with Crippen molar-refractivity contribution in [2.45, 2.75) is 44.9 Å². The number of nitrogens with zero attached hydrogens (tertiary/aromatic N) is 2. The summed E-state index contributed by atoms with van der Waals surface area (Å²) in [4.78, 5) is 10.3. The summed E-state index contributed by atoms with van der Waals surface area (Å²) in [6.07, 6.45) is 6.16. The largest absolute Gasteiger partial charge is 0.290 e. The summed E-state index contributed by atoms with van der Waals surface area (Å²) < 4.78 is 0. The van der Waals surface area contributed by atoms with Gasteiger partial charge in [-0.15, -0.1) is 11.3 Å². The first kappa shape index (κ1) is 16.1. The molecule has 1 aliphatic carbocycles. The predicted octanol–water partition coefficient (Wildman–Crippen LogP) is 4.39. The van der Waals surface area contributed by atoms with Crippen LogP contribution in [0.2, 0.25) is 0 Å². The Balaban J connectivity index is 1.96. The second-order valence-electron chi connectivity index (χ2n) is 5.92. The molecular weight excluding hydrogens is 306 g/mol. The van der Waals surface area contributed by atoms with Crippen molar-refractivity contribution in [3.63, 3.8) is 0 Å². The number of benzene rings is 1. The maximum absolute atomic E-state index is 9.10. The van der Waals surface area contributed by atoms with Crippen molar-refractivity contribution in [2.24, 2.45) is 4.99 Å². The monoisotopic (exact) mass is 329 g/mol. The maximum Gasteiger partial charge on any atom is 0.151 e. The van der Waals surface area contributed by atoms with Gasteiger partial charge in [-0.25, -0.2) is 4.98 Å². The van der Waals surface area contributed by atoms with Gasteiger partial charge in [-0.05, 0) is 24.8 Å². The predicted molar refractivity (Wildman–Crippen MR) is 95.5 cm³/mol. The Bertz CT molecular complexity index is 685. The fourth-order valence-electron chi connectivity index (χ4n) is 3.24. The van der Waals surface area contributed by atoms with Gasteiger partial charge in [0.05, 0.1) is 15.6 Å². The number of hydrogen-bond acceptors (Lipinski definition) is 4. The molecule has 1 aliphatic rings. The minimum Gasteiger partial charge on any atom is -0.290 e. The summed E-state index contributed by atoms with van der Waals surface area (Å²) in [5.41, 5.74) is 5.52. The first-order chi connectivity index (χ1) is 11.3. The van der Waals surface area contributed by atoms with E-state index in [0.717, 1.165) is 12.0 Å². The molecule has 0 radical (unpaired) electrons. The Kier molecular flexibility index (Phi) is 5.08. The molecule has 122 valence electrons. The highest BCUT2D eigenvalue weighted by Crippen LogP contribution is 2.41. The third kappa shape index (κ3) is 3.31. The van der Waals surface area contributed by atoms with Crippen LogP contribution in [0.4, 0.5) is 0 Å². The van der Waals surface area contributed by atoms with E-state index in [0.29, 0.717) is 11.8 Å². The topological polar surface area (TPSA) is 57.5 Å². The van der Waals surface area contributed by atoms with Crippen LogP contribution in [-0.2, 0) is 6.42 Å². The quantitative estimate of drug-likeness (QED) is 0.497. The van der Waals surface area contributed by atoms with Crippen molar-refractivity contribution in [3.8, 4) is 10.4 Å². The van der Waals surface area contributed by atoms with E-state index in [9.17, 15) is 0 Å². The molecular formula is C18H23N3OS. The summed E-state index contributed by atoms with van der Waals surface area (Å²) >= 11 is 1.82. The lowest BCUT2D eigenvalue weighted by Crippen LogP contribution is -2.19. The van der Waals surface area contributed by atoms with Crippen molar-refractivity contribution < 1.29 is 5.21 Å². The Morgan fingerprint density at radius 1 is 1.30 bits per heavy atom. The lowest BCUT2D eigenvalue weighted by Gasteiger charge is -2.10. The van der Waals surface area contributed by atoms with Gasteiger partial charge in [0, 0.05) is 18.5 Å². The highest BCUT2D eigenvalue weighted by Gasteiger charge is 2.24. The molecule has 0 atom stereocenters. The van der Waals surface area contributed by atoms with E-state index >= 15 is 0 Å². The lowest BCUT2D eigenvalue weighted by atomic mass is 9.99. The number of aryl methyl sites for hydroxylation is 1. The summed E-state index contributed by atoms with van der Waals surface area (Å²) in [5.74, 6) is 1.10. The van der Waals surface area contributed by atoms with Crippen molar-refractivity contribution in [1.29, 1.82) is 0 Å². The third-order valence-corrected chi connectivity index (χ3v) is 5.76. The van der Waals surface area contributed by atoms with Crippen LogP contribution in [0.3, 0.4) is 0 Å². The molecule has 1 aromatic carbocycles. The number of aliphatic imine (C=N–C) groups is 1. The Morgan fingerprint density at radius 2 is 2.00 bits per heavy atom. The van der Waals surface area contributed by atoms with Crippen molar-refractivity contribution in [2.75, 3.05) is 7.05 Å². The van der Waals surface area contributed by atoms with Gasteiger partial charge in [-0.3, -0.25) is 15.7 Å². The SMILES string of the molecule is CCc1nc(C2CCCC2)c(-c2ccc(C(=NC)NO)cc2)s1. The molecule has 1 aromatic heterocycles. The molecule has 0 unspecified atom stereocenters. The molecule has 3 rings (SSSR count). The van der Waals surface area contributed by atoms with E-state index in [2.05, 4.69) is 29.5 Å². The number of amidine groups is 1. The van der Waals surface area contributed by atoms with Crippen LogP contribution in [-0.4, -0.2) is 23.1 Å². The lowest BCUT2D eigenvalue weighted by molar-refractivity contribution is 0.235. The van der Waals surface area contributed by atoms with Gasteiger partial charge < -0.3 is 0 Å². The molecule has 1 heterocycles. The second kappa shape index (κ2) is 7.23. The zero-order chi connectivity index (χ0) is 16.2. The highest BCUT2D eigenvalue weighted by molar-refractivity contribution is 7.15. The van der Waals surface area contributed by atoms with Gasteiger partial charge in [-0.1, -0.05) is 44.0 Å². The first-order valence-corrected chi connectivity index (χ1v) is 9.05. The normalized spacial score (nSPS) is 16.0. The van der Waals surface area contributed by atoms with Gasteiger partial charge >= 0.3 is 0 Å². The molecule has 0 amide bonds. The second-order valence-corrected chi connectivity index (χ2v) is 7.00. The van der Waals surface area contributed by atoms with E-state index in [-0.39, 0.29) is 0 Å². The van der Waals surface area contributed by atoms with E-state index in [1.807, 2.05) is 23.5 Å². The van der Waals surface area contributed by atoms with E-state index in [4.69, 9.17) is 10.2 Å². The molecule has 2 aromatic rings. The molecule has 4 nitrogen and oxygen atoms in total. The fourth-order valence-corrected chi connectivity index (χ4v) is 4.33. The summed E-state index contributed by atoms with van der Waals surface area (Å²) in [5, 5.41) is 10.3. The van der Waals surface area contributed by atoms with Gasteiger partial charge in [-0.2, -0.15) is 0 Å². The average molecular weight is 329 g/mol. The van der Waals surface area contributed by atoms with Gasteiger partial charge in [0.2, 0.25) is 0 Å². The van der Waals surface area contributed by atoms with Crippen LogP contribution in [0.1, 0.15) is 54.8 Å². The number of rotatable bonds is 4. The minimum atomic E-state index is 0.478. The van der Waals surface area contributed by atoms with Crippen LogP contribution in [0.15, 0.2) is 29.3 Å². The number of hydrogen-bond donors (Lipinski definition) is 2. The van der Waals surface area contributed by atoms with Gasteiger partial charge in [0.15, 0.2) is 5.84 Å². The van der Waals surface area contributed by atoms with Crippen molar-refractivity contribution in [1.82, 2.24) is 10.5 Å². The van der Waals surface area contributed by atoms with E-state index in [1.165, 1.54) is 46.8 Å². The Hall–Kier alpha value is -1.72. The zero-order valence-corrected chi connectivity index (χ0v) is 14.5. The summed E-state index contributed by atoms with van der Waals surface area (Å²) in [7, 11) is 1.65. The number of hydroxylamine groups is 1. The van der Waals surface area contributed by atoms with Crippen LogP contribution < -0.4 is 5.48 Å². The minimum absolute atomic E-state index is 0.478. The number of thiazole rings is 1. The zero-order valence-electron chi connectivity index (χ0n) is 13.7. The Morgan fingerprint density at radius 3 is 2.57 bits per heavy atom. The van der Waals surface area contributed by atoms with Crippen molar-refractivity contribution >= 4 is 17.2 Å². The van der Waals surface area contributed by atoms with E-state index < -0.39 is 0 Å². The molecule has 0 saturated heterocycles. The van der Waals surface area contributed by atoms with E-state index in [1.54, 1.807) is 7.05 Å². The summed E-state index contributed by atoms with van der Waals surface area (Å²) in [6.45, 7) is 2.17. The Labute approximate surface area is 141 Å². The maximum atomic E-state index is 9.10. The number of aromatic nitrogens is 1. The van der Waals surface area contributed by atoms with Gasteiger partial charge in [0.25, 0.3) is 0 Å². The molecule has 1 saturated carbocycles. The standard InChI is InChI=1S/C18H23N3OS/c1-3-15-20-16(12-6-4-5-7-12)17(23-15)13-8-10-14(11-9-13)18(19-2)21-22/h8-12,22H,3-7H2,1-2H3,(H,19,21). The molecule has 0 bridgehead atoms. The fraction of sp³-hybridized carbons (Fsp3) is 0.444. The van der Waals surface area contributed by atoms with Crippen LogP contribution in [0.5, 0.6) is 0 Å². The van der Waals surface area contributed by atoms with Crippen LogP contribution in [0, 0.1) is 0 Å². The summed E-state index contributed by atoms with van der Waals surface area (Å²) in [6, 6.07) is 8.18. The van der Waals surface area contributed by atoms with Crippen molar-refractivity contribution in [3.05, 3.63) is 40.5 Å². The molecule has 23 heavy (non-hydrogen) atoms. The van der Waals surface area contributed by atoms with Gasteiger partial charge in [0.1, 0.15) is 0 Å². The molecule has 2 N–H and O–H groups in total. The highest BCUT2D eigenvalue weighted by atomic mass is 32.1. The number of nitrogens with one attached hydrogen (secondary N) is 1. The van der Waals surface area contributed by atoms with Crippen LogP contribution >= 0.6 is 11.3 Å². The first-order valence-electron chi connectivity index (χ1n) is 8.24.